The molecule has 2 aromatic carbocycles. The summed E-state index contributed by atoms with van der Waals surface area (Å²) in [7, 11) is 1.49. The summed E-state index contributed by atoms with van der Waals surface area (Å²) < 4.78 is 0. The number of carbonyl (C=O) groups is 2. The monoisotopic (exact) mass is 272 g/mol. The van der Waals surface area contributed by atoms with Gasteiger partial charge in [0.15, 0.2) is 0 Å². The quantitative estimate of drug-likeness (QED) is 0.793. The normalized spacial score (nSPS) is 11.8. The van der Waals surface area contributed by atoms with E-state index in [0.717, 1.165) is 16.3 Å². The molecule has 0 aliphatic heterocycles. The SMILES string of the molecule is CNC(=O)[C@H](Cc1ccc2ccccc2c1)NC(=O)O. The Morgan fingerprint density at radius 2 is 1.85 bits per heavy atom. The first-order valence-electron chi connectivity index (χ1n) is 6.29. The van der Waals surface area contributed by atoms with E-state index in [1.165, 1.54) is 7.05 Å². The Morgan fingerprint density at radius 1 is 1.15 bits per heavy atom. The summed E-state index contributed by atoms with van der Waals surface area (Å²) in [5, 5.41) is 15.7. The second-order valence-corrected chi connectivity index (χ2v) is 4.50. The van der Waals surface area contributed by atoms with Crippen molar-refractivity contribution in [2.24, 2.45) is 0 Å². The summed E-state index contributed by atoms with van der Waals surface area (Å²) in [6, 6.07) is 12.9. The Morgan fingerprint density at radius 3 is 2.50 bits per heavy atom. The van der Waals surface area contributed by atoms with E-state index >= 15 is 0 Å². The van der Waals surface area contributed by atoms with Gasteiger partial charge in [0, 0.05) is 13.5 Å². The maximum Gasteiger partial charge on any atom is 0.405 e. The van der Waals surface area contributed by atoms with Crippen molar-refractivity contribution < 1.29 is 14.7 Å². The van der Waals surface area contributed by atoms with E-state index in [2.05, 4.69) is 10.6 Å². The molecule has 2 rings (SSSR count). The van der Waals surface area contributed by atoms with Gasteiger partial charge in [0.1, 0.15) is 6.04 Å². The van der Waals surface area contributed by atoms with Gasteiger partial charge in [-0.25, -0.2) is 4.79 Å². The van der Waals surface area contributed by atoms with Crippen LogP contribution in [-0.2, 0) is 11.2 Å². The number of fused-ring (bicyclic) bond motifs is 1. The topological polar surface area (TPSA) is 78.4 Å². The number of amides is 2. The lowest BCUT2D eigenvalue weighted by molar-refractivity contribution is -0.122. The Kier molecular flexibility index (Phi) is 4.20. The third kappa shape index (κ3) is 3.26. The maximum absolute atomic E-state index is 11.7. The first-order chi connectivity index (χ1) is 9.60. The maximum atomic E-state index is 11.7. The number of likely N-dealkylation sites (N-methyl/N-ethyl adjacent to an activating group) is 1. The highest BCUT2D eigenvalue weighted by molar-refractivity contribution is 5.86. The van der Waals surface area contributed by atoms with Crippen LogP contribution in [0.25, 0.3) is 10.8 Å². The fourth-order valence-corrected chi connectivity index (χ4v) is 2.13. The predicted octanol–water partition coefficient (Wildman–Crippen LogP) is 1.76. The zero-order chi connectivity index (χ0) is 14.5. The molecule has 0 saturated heterocycles. The van der Waals surface area contributed by atoms with Crippen molar-refractivity contribution in [3.05, 3.63) is 48.0 Å². The molecule has 0 bridgehead atoms. The molecule has 0 unspecified atom stereocenters. The van der Waals surface area contributed by atoms with Gasteiger partial charge in [-0.05, 0) is 16.3 Å². The molecule has 5 heteroatoms. The number of benzene rings is 2. The second-order valence-electron chi connectivity index (χ2n) is 4.50. The van der Waals surface area contributed by atoms with Gasteiger partial charge in [-0.15, -0.1) is 0 Å². The standard InChI is InChI=1S/C15H16N2O3/c1-16-14(18)13(17-15(19)20)9-10-6-7-11-4-2-3-5-12(11)8-10/h2-8,13,17H,9H2,1H3,(H,16,18)(H,19,20)/t13-/m0/s1. The smallest absolute Gasteiger partial charge is 0.405 e. The largest absolute Gasteiger partial charge is 0.465 e. The van der Waals surface area contributed by atoms with Crippen molar-refractivity contribution in [2.45, 2.75) is 12.5 Å². The summed E-state index contributed by atoms with van der Waals surface area (Å²) in [4.78, 5) is 22.4. The minimum atomic E-state index is -1.21. The molecule has 0 saturated carbocycles. The van der Waals surface area contributed by atoms with Gasteiger partial charge in [0.2, 0.25) is 5.91 Å². The first-order valence-corrected chi connectivity index (χ1v) is 6.29. The van der Waals surface area contributed by atoms with Crippen LogP contribution in [0.3, 0.4) is 0 Å². The van der Waals surface area contributed by atoms with Gasteiger partial charge in [-0.2, -0.15) is 0 Å². The van der Waals surface area contributed by atoms with E-state index < -0.39 is 12.1 Å². The molecule has 3 N–H and O–H groups in total. The van der Waals surface area contributed by atoms with Crippen LogP contribution >= 0.6 is 0 Å². The average molecular weight is 272 g/mol. The third-order valence-corrected chi connectivity index (χ3v) is 3.11. The van der Waals surface area contributed by atoms with Gasteiger partial charge < -0.3 is 15.7 Å². The molecule has 0 fully saturated rings. The van der Waals surface area contributed by atoms with Crippen molar-refractivity contribution in [1.82, 2.24) is 10.6 Å². The molecular weight excluding hydrogens is 256 g/mol. The minimum absolute atomic E-state index is 0.316. The lowest BCUT2D eigenvalue weighted by Gasteiger charge is -2.15. The molecule has 104 valence electrons. The lowest BCUT2D eigenvalue weighted by atomic mass is 10.0. The molecule has 0 heterocycles. The van der Waals surface area contributed by atoms with Crippen molar-refractivity contribution in [1.29, 1.82) is 0 Å². The zero-order valence-corrected chi connectivity index (χ0v) is 11.1. The third-order valence-electron chi connectivity index (χ3n) is 3.11. The zero-order valence-electron chi connectivity index (χ0n) is 11.1. The number of carboxylic acid groups (broad SMARTS) is 1. The molecule has 2 aromatic rings. The van der Waals surface area contributed by atoms with Crippen molar-refractivity contribution >= 4 is 22.8 Å². The van der Waals surface area contributed by atoms with E-state index in [-0.39, 0.29) is 5.91 Å². The molecule has 0 aliphatic carbocycles. The molecule has 0 aliphatic rings. The average Bonchev–Trinajstić information content (AvgIpc) is 2.45. The fraction of sp³-hybridized carbons (Fsp3) is 0.200. The van der Waals surface area contributed by atoms with E-state index in [1.54, 1.807) is 0 Å². The Labute approximate surface area is 116 Å². The van der Waals surface area contributed by atoms with E-state index in [0.29, 0.717) is 6.42 Å². The molecule has 0 aromatic heterocycles. The number of hydrogen-bond donors (Lipinski definition) is 3. The van der Waals surface area contributed by atoms with Gasteiger partial charge in [-0.1, -0.05) is 42.5 Å². The molecule has 5 nitrogen and oxygen atoms in total. The van der Waals surface area contributed by atoms with Crippen LogP contribution in [-0.4, -0.2) is 30.2 Å². The Balaban J connectivity index is 2.23. The summed E-state index contributed by atoms with van der Waals surface area (Å²) in [5.41, 5.74) is 0.908. The Hall–Kier alpha value is -2.56. The van der Waals surface area contributed by atoms with Crippen molar-refractivity contribution in [3.8, 4) is 0 Å². The van der Waals surface area contributed by atoms with Crippen LogP contribution in [0.4, 0.5) is 4.79 Å². The highest BCUT2D eigenvalue weighted by Crippen LogP contribution is 2.16. The number of nitrogens with one attached hydrogen (secondary N) is 2. The van der Waals surface area contributed by atoms with Gasteiger partial charge in [0.25, 0.3) is 0 Å². The molecule has 2 amide bonds. The number of rotatable bonds is 4. The van der Waals surface area contributed by atoms with Gasteiger partial charge in [-0.3, -0.25) is 4.79 Å². The van der Waals surface area contributed by atoms with Gasteiger partial charge in [0.05, 0.1) is 0 Å². The minimum Gasteiger partial charge on any atom is -0.465 e. The number of hydrogen-bond acceptors (Lipinski definition) is 2. The van der Waals surface area contributed by atoms with Crippen LogP contribution in [0.2, 0.25) is 0 Å². The van der Waals surface area contributed by atoms with E-state index in [9.17, 15) is 9.59 Å². The molecular formula is C15H16N2O3. The van der Waals surface area contributed by atoms with Crippen molar-refractivity contribution in [2.75, 3.05) is 7.05 Å². The molecule has 20 heavy (non-hydrogen) atoms. The van der Waals surface area contributed by atoms with Crippen LogP contribution < -0.4 is 10.6 Å². The van der Waals surface area contributed by atoms with E-state index in [4.69, 9.17) is 5.11 Å². The van der Waals surface area contributed by atoms with E-state index in [1.807, 2.05) is 42.5 Å². The highest BCUT2D eigenvalue weighted by Gasteiger charge is 2.19. The summed E-state index contributed by atoms with van der Waals surface area (Å²) in [6.45, 7) is 0. The number of carbonyl (C=O) groups excluding carboxylic acids is 1. The Bertz CT molecular complexity index is 640. The van der Waals surface area contributed by atoms with Crippen LogP contribution in [0.1, 0.15) is 5.56 Å². The lowest BCUT2D eigenvalue weighted by Crippen LogP contribution is -2.46. The van der Waals surface area contributed by atoms with Crippen LogP contribution in [0, 0.1) is 0 Å². The van der Waals surface area contributed by atoms with Crippen LogP contribution in [0.15, 0.2) is 42.5 Å². The molecule has 0 radical (unpaired) electrons. The molecule has 0 spiro atoms. The molecule has 1 atom stereocenters. The predicted molar refractivity (Wildman–Crippen MR) is 76.7 cm³/mol. The fourth-order valence-electron chi connectivity index (χ4n) is 2.13. The summed E-state index contributed by atoms with van der Waals surface area (Å²) in [5.74, 6) is -0.347. The second kappa shape index (κ2) is 6.06. The van der Waals surface area contributed by atoms with Gasteiger partial charge >= 0.3 is 6.09 Å². The van der Waals surface area contributed by atoms with Crippen LogP contribution in [0.5, 0.6) is 0 Å². The van der Waals surface area contributed by atoms with Crippen molar-refractivity contribution in [3.63, 3.8) is 0 Å². The summed E-state index contributed by atoms with van der Waals surface area (Å²) in [6.07, 6.45) is -0.893. The summed E-state index contributed by atoms with van der Waals surface area (Å²) >= 11 is 0. The first kappa shape index (κ1) is 13.9. The highest BCUT2D eigenvalue weighted by atomic mass is 16.4.